The number of amides is 2. The SMILES string of the molecule is C#CCC1CCC(C(=O)OC)CC1.C=CC.C=CC.CCNC(=O)[C@H]1O[C@@H](n2cnc3c(N)nc(C#CCC4CCC(C(=O)OC)CC4)nc32)C(O)[C@H]1O.CCNC(=O)[C@H]1O[C@@H](n2cnc3c(N)nc(I)nc32)C(O)[C@H]1O. The standard InChI is InChI=1S/C23H30N6O6.C12H15IN6O4.C11H16O2.2C3H6/c1-3-25-21(32)18-16(30)17(31)22(35-18)29-11-26-15-19(24)27-14(28-20(15)29)6-4-5-12-7-9-13(10-8-12)23(33)34-2;1-2-15-10(22)7-5(20)6(21)11(23-7)19-3-16-4-8(14)17-12(13)18-9(4)19;1-3-4-9-5-7-10(8-6-9)11(12)13-2;2*1-3-2/h11-13,16-18,22,30-31H,3,5,7-10H2,1-2H3,(H,25,32)(H2,24,27,28);3,5-7,11,20-21H,2H2,1H3,(H,15,22)(H2,14,17,18);1,9-10H,4-8H2,2H3;2*3H,1H2,2H3/t12?,13?,16-,17?,18+,22-;5-,6?,7+,11-;;;/m11.../s1. The summed E-state index contributed by atoms with van der Waals surface area (Å²) in [5, 5.41) is 46.3. The monoisotopic (exact) mass is 1180 g/mol. The average molecular weight is 1190 g/mol. The fourth-order valence-electron chi connectivity index (χ4n) is 9.02. The lowest BCUT2D eigenvalue weighted by molar-refractivity contribution is -0.147. The molecule has 24 nitrogen and oxygen atoms in total. The lowest BCUT2D eigenvalue weighted by Crippen LogP contribution is -2.42. The number of carbonyl (C=O) groups excluding carboxylic acids is 4. The summed E-state index contributed by atoms with van der Waals surface area (Å²) in [5.74, 6) is 9.11. The molecule has 8 atom stereocenters. The maximum absolute atomic E-state index is 12.2. The number of allylic oxidation sites excluding steroid dienone is 2. The number of esters is 2. The third kappa shape index (κ3) is 16.6. The average Bonchev–Trinajstić information content (AvgIpc) is 4.18. The number of nitrogens with one attached hydrogen (secondary N) is 2. The molecule has 0 spiro atoms. The Morgan fingerprint density at radius 3 is 1.52 bits per heavy atom. The van der Waals surface area contributed by atoms with E-state index in [1.54, 1.807) is 26.0 Å². The van der Waals surface area contributed by atoms with E-state index in [0.29, 0.717) is 51.9 Å². The first-order chi connectivity index (χ1) is 36.9. The van der Waals surface area contributed by atoms with Crippen LogP contribution in [0.25, 0.3) is 22.3 Å². The van der Waals surface area contributed by atoms with Crippen molar-refractivity contribution in [3.63, 3.8) is 0 Å². The summed E-state index contributed by atoms with van der Waals surface area (Å²) in [6.07, 6.45) is 10.4. The third-order valence-corrected chi connectivity index (χ3v) is 13.4. The third-order valence-electron chi connectivity index (χ3n) is 12.9. The van der Waals surface area contributed by atoms with Crippen molar-refractivity contribution in [3.8, 4) is 24.2 Å². The fourth-order valence-corrected chi connectivity index (χ4v) is 9.51. The molecule has 420 valence electrons. The van der Waals surface area contributed by atoms with Gasteiger partial charge >= 0.3 is 11.9 Å². The summed E-state index contributed by atoms with van der Waals surface area (Å²) < 4.78 is 24.0. The second-order valence-electron chi connectivity index (χ2n) is 18.3. The van der Waals surface area contributed by atoms with Gasteiger partial charge in [-0.05, 0) is 96.8 Å². The molecule has 0 aromatic carbocycles. The Morgan fingerprint density at radius 1 is 0.714 bits per heavy atom. The van der Waals surface area contributed by atoms with Crippen molar-refractivity contribution >= 4 is 80.3 Å². The summed E-state index contributed by atoms with van der Waals surface area (Å²) in [4.78, 5) is 72.1. The van der Waals surface area contributed by atoms with Gasteiger partial charge in [-0.3, -0.25) is 28.3 Å². The second-order valence-corrected chi connectivity index (χ2v) is 19.3. The van der Waals surface area contributed by atoms with Crippen LogP contribution in [0, 0.1) is 51.7 Å². The van der Waals surface area contributed by atoms with E-state index in [1.807, 2.05) is 36.4 Å². The number of aromatic nitrogens is 8. The largest absolute Gasteiger partial charge is 0.469 e. The van der Waals surface area contributed by atoms with Crippen LogP contribution in [0.1, 0.15) is 110 Å². The molecule has 2 amide bonds. The number of halogens is 1. The van der Waals surface area contributed by atoms with E-state index in [0.717, 1.165) is 57.8 Å². The Balaban J connectivity index is 0.000000260. The van der Waals surface area contributed by atoms with Gasteiger partial charge in [-0.15, -0.1) is 25.5 Å². The number of ether oxygens (including phenoxy) is 4. The number of rotatable bonds is 10. The molecule has 2 aliphatic carbocycles. The highest BCUT2D eigenvalue weighted by atomic mass is 127. The molecule has 25 heteroatoms. The van der Waals surface area contributed by atoms with E-state index in [9.17, 15) is 39.6 Å². The molecule has 2 aliphatic heterocycles. The number of anilines is 2. The van der Waals surface area contributed by atoms with Crippen LogP contribution in [0.3, 0.4) is 0 Å². The molecule has 2 unspecified atom stereocenters. The molecule has 0 bridgehead atoms. The molecule has 4 aromatic heterocycles. The summed E-state index contributed by atoms with van der Waals surface area (Å²) in [5.41, 5.74) is 13.1. The van der Waals surface area contributed by atoms with Gasteiger partial charge in [-0.2, -0.15) is 0 Å². The topological polar surface area (TPSA) is 349 Å². The molecule has 77 heavy (non-hydrogen) atoms. The number of methoxy groups -OCH3 is 2. The zero-order chi connectivity index (χ0) is 56.9. The van der Waals surface area contributed by atoms with Crippen LogP contribution in [0.5, 0.6) is 0 Å². The molecular formula is C52H73IN12O12. The fraction of sp³-hybridized carbons (Fsp3) is 0.577. The number of nitrogens with zero attached hydrogens (tertiary/aromatic N) is 8. The molecular weight excluding hydrogens is 1110 g/mol. The second kappa shape index (κ2) is 31.2. The number of fused-ring (bicyclic) bond motifs is 2. The van der Waals surface area contributed by atoms with E-state index in [2.05, 4.69) is 71.5 Å². The zero-order valence-electron chi connectivity index (χ0n) is 44.4. The number of aliphatic hydroxyl groups excluding tert-OH is 4. The number of nitrogens with two attached hydrogens (primary N) is 2. The van der Waals surface area contributed by atoms with Crippen molar-refractivity contribution < 1.29 is 58.6 Å². The maximum atomic E-state index is 12.2. The number of hydrogen-bond acceptors (Lipinski definition) is 20. The van der Waals surface area contributed by atoms with Crippen LogP contribution in [0.15, 0.2) is 38.0 Å². The number of aliphatic hydroxyl groups is 4. The van der Waals surface area contributed by atoms with Crippen molar-refractivity contribution in [2.45, 2.75) is 141 Å². The van der Waals surface area contributed by atoms with Crippen LogP contribution in [-0.2, 0) is 38.1 Å². The quantitative estimate of drug-likeness (QED) is 0.0372. The van der Waals surface area contributed by atoms with Gasteiger partial charge in [-0.25, -0.2) is 29.9 Å². The van der Waals surface area contributed by atoms with Crippen molar-refractivity contribution in [2.24, 2.45) is 23.7 Å². The first-order valence-corrected chi connectivity index (χ1v) is 26.4. The molecule has 4 aromatic rings. The van der Waals surface area contributed by atoms with Crippen LogP contribution in [-0.4, -0.2) is 147 Å². The lowest BCUT2D eigenvalue weighted by atomic mass is 9.81. The van der Waals surface area contributed by atoms with Gasteiger partial charge in [0.2, 0.25) is 5.82 Å². The van der Waals surface area contributed by atoms with Crippen LogP contribution < -0.4 is 22.1 Å². The molecule has 10 N–H and O–H groups in total. The number of hydrogen-bond donors (Lipinski definition) is 8. The number of carbonyl (C=O) groups is 4. The van der Waals surface area contributed by atoms with Gasteiger partial charge in [0.1, 0.15) is 35.4 Å². The highest BCUT2D eigenvalue weighted by Gasteiger charge is 2.49. The van der Waals surface area contributed by atoms with Crippen molar-refractivity contribution in [1.29, 1.82) is 0 Å². The molecule has 4 aliphatic rings. The molecule has 2 saturated heterocycles. The number of imidazole rings is 2. The Bertz CT molecular complexity index is 2720. The summed E-state index contributed by atoms with van der Waals surface area (Å²) in [6.45, 7) is 14.7. The van der Waals surface area contributed by atoms with Crippen molar-refractivity contribution in [1.82, 2.24) is 49.7 Å². The minimum atomic E-state index is -1.42. The molecule has 8 rings (SSSR count). The minimum absolute atomic E-state index is 0.0330. The maximum Gasteiger partial charge on any atom is 0.308 e. The predicted molar refractivity (Wildman–Crippen MR) is 293 cm³/mol. The molecule has 4 fully saturated rings. The summed E-state index contributed by atoms with van der Waals surface area (Å²) >= 11 is 1.91. The highest BCUT2D eigenvalue weighted by molar-refractivity contribution is 14.1. The van der Waals surface area contributed by atoms with Gasteiger partial charge < -0.3 is 61.5 Å². The molecule has 2 saturated carbocycles. The highest BCUT2D eigenvalue weighted by Crippen LogP contribution is 2.35. The van der Waals surface area contributed by atoms with Gasteiger partial charge in [0.25, 0.3) is 11.8 Å². The van der Waals surface area contributed by atoms with E-state index < -0.39 is 60.9 Å². The Morgan fingerprint density at radius 2 is 1.12 bits per heavy atom. The van der Waals surface area contributed by atoms with Gasteiger partial charge in [0, 0.05) is 48.5 Å². The minimum Gasteiger partial charge on any atom is -0.469 e. The molecule has 6 heterocycles. The smallest absolute Gasteiger partial charge is 0.308 e. The predicted octanol–water partition coefficient (Wildman–Crippen LogP) is 3.03. The number of terminal acetylenes is 1. The lowest BCUT2D eigenvalue weighted by Gasteiger charge is -2.25. The summed E-state index contributed by atoms with van der Waals surface area (Å²) in [7, 11) is 2.87. The van der Waals surface area contributed by atoms with E-state index in [-0.39, 0.29) is 46.9 Å². The molecule has 0 radical (unpaired) electrons. The van der Waals surface area contributed by atoms with Crippen molar-refractivity contribution in [3.05, 3.63) is 47.6 Å². The Hall–Kier alpha value is -6.33. The Kier molecular flexibility index (Phi) is 25.6. The van der Waals surface area contributed by atoms with Gasteiger partial charge in [-0.1, -0.05) is 18.1 Å². The van der Waals surface area contributed by atoms with Crippen LogP contribution in [0.4, 0.5) is 11.6 Å². The first-order valence-electron chi connectivity index (χ1n) is 25.3. The Labute approximate surface area is 461 Å². The van der Waals surface area contributed by atoms with Gasteiger partial charge in [0.15, 0.2) is 51.4 Å². The van der Waals surface area contributed by atoms with Crippen molar-refractivity contribution in [2.75, 3.05) is 38.8 Å². The zero-order valence-corrected chi connectivity index (χ0v) is 46.5. The number of likely N-dealkylation sites (N-methyl/N-ethyl adjacent to an activating group) is 2. The normalized spacial score (nSPS) is 26.1. The first kappa shape index (κ1) is 63.2. The van der Waals surface area contributed by atoms with Crippen LogP contribution >= 0.6 is 22.6 Å². The van der Waals surface area contributed by atoms with Gasteiger partial charge in [0.05, 0.1) is 38.7 Å². The number of nitrogen functional groups attached to an aromatic ring is 2. The van der Waals surface area contributed by atoms with E-state index in [4.69, 9.17) is 36.8 Å². The van der Waals surface area contributed by atoms with Crippen LogP contribution in [0.2, 0.25) is 0 Å². The summed E-state index contributed by atoms with van der Waals surface area (Å²) in [6, 6.07) is 0. The van der Waals surface area contributed by atoms with E-state index in [1.165, 1.54) is 36.0 Å². The van der Waals surface area contributed by atoms with E-state index >= 15 is 0 Å².